The molecular formula is C13H18N2O2S2. The summed E-state index contributed by atoms with van der Waals surface area (Å²) in [6.07, 6.45) is 1.27. The summed E-state index contributed by atoms with van der Waals surface area (Å²) < 4.78 is 23.6. The number of nitrogens with zero attached hydrogens (tertiary/aromatic N) is 1. The standard InChI is InChI=1S/C13H18N2O2S2/c1-13(2,19(3,16)17)9-14-8-12-15-10-6-4-5-7-11(10)18-12/h4-7,14H,8-9H2,1-3H3. The minimum Gasteiger partial charge on any atom is -0.309 e. The predicted octanol–water partition coefficient (Wildman–Crippen LogP) is 2.21. The Kier molecular flexibility index (Phi) is 3.94. The number of sulfone groups is 1. The van der Waals surface area contributed by atoms with Crippen molar-refractivity contribution in [2.45, 2.75) is 25.1 Å². The lowest BCUT2D eigenvalue weighted by atomic mass is 10.2. The Balaban J connectivity index is 2.00. The summed E-state index contributed by atoms with van der Waals surface area (Å²) in [7, 11) is -3.06. The highest BCUT2D eigenvalue weighted by molar-refractivity contribution is 7.92. The number of aromatic nitrogens is 1. The predicted molar refractivity (Wildman–Crippen MR) is 80.2 cm³/mol. The third-order valence-corrected chi connectivity index (χ3v) is 6.36. The monoisotopic (exact) mass is 298 g/mol. The Hall–Kier alpha value is -0.980. The summed E-state index contributed by atoms with van der Waals surface area (Å²) in [6.45, 7) is 4.47. The fourth-order valence-corrected chi connectivity index (χ4v) is 2.90. The van der Waals surface area contributed by atoms with Gasteiger partial charge in [-0.15, -0.1) is 11.3 Å². The number of fused-ring (bicyclic) bond motifs is 1. The van der Waals surface area contributed by atoms with Crippen LogP contribution in [0, 0.1) is 0 Å². The quantitative estimate of drug-likeness (QED) is 0.919. The average molecular weight is 298 g/mol. The first-order valence-electron chi connectivity index (χ1n) is 6.04. The van der Waals surface area contributed by atoms with Gasteiger partial charge in [0.15, 0.2) is 9.84 Å². The van der Waals surface area contributed by atoms with Gasteiger partial charge in [-0.1, -0.05) is 12.1 Å². The number of thiazole rings is 1. The lowest BCUT2D eigenvalue weighted by Gasteiger charge is -2.22. The van der Waals surface area contributed by atoms with Crippen LogP contribution in [0.3, 0.4) is 0 Å². The third kappa shape index (κ3) is 3.32. The zero-order valence-corrected chi connectivity index (χ0v) is 12.9. The SMILES string of the molecule is CC(C)(CNCc1nc2ccccc2s1)S(C)(=O)=O. The minimum absolute atomic E-state index is 0.418. The molecule has 0 bridgehead atoms. The van der Waals surface area contributed by atoms with E-state index in [1.807, 2.05) is 24.3 Å². The Morgan fingerprint density at radius 3 is 2.63 bits per heavy atom. The lowest BCUT2D eigenvalue weighted by Crippen LogP contribution is -2.41. The molecule has 1 heterocycles. The molecule has 4 nitrogen and oxygen atoms in total. The molecule has 1 aromatic carbocycles. The molecule has 0 amide bonds. The van der Waals surface area contributed by atoms with Gasteiger partial charge in [-0.25, -0.2) is 13.4 Å². The van der Waals surface area contributed by atoms with Gasteiger partial charge < -0.3 is 5.32 Å². The normalized spacial score (nSPS) is 13.0. The van der Waals surface area contributed by atoms with Crippen LogP contribution in [-0.4, -0.2) is 30.9 Å². The molecule has 0 spiro atoms. The number of hydrogen-bond acceptors (Lipinski definition) is 5. The van der Waals surface area contributed by atoms with Gasteiger partial charge in [-0.05, 0) is 26.0 Å². The first kappa shape index (κ1) is 14.4. The molecule has 1 aromatic heterocycles. The van der Waals surface area contributed by atoms with Crippen LogP contribution in [0.2, 0.25) is 0 Å². The summed E-state index contributed by atoms with van der Waals surface area (Å²) in [6, 6.07) is 7.98. The molecule has 0 aliphatic carbocycles. The fourth-order valence-electron chi connectivity index (χ4n) is 1.60. The summed E-state index contributed by atoms with van der Waals surface area (Å²) in [5.74, 6) is 0. The summed E-state index contributed by atoms with van der Waals surface area (Å²) in [5.41, 5.74) is 0.992. The van der Waals surface area contributed by atoms with Gasteiger partial charge in [0.1, 0.15) is 5.01 Å². The van der Waals surface area contributed by atoms with Crippen LogP contribution in [0.5, 0.6) is 0 Å². The molecule has 0 aliphatic rings. The van der Waals surface area contributed by atoms with E-state index in [0.717, 1.165) is 15.2 Å². The van der Waals surface area contributed by atoms with Crippen molar-refractivity contribution in [1.82, 2.24) is 10.3 Å². The van der Waals surface area contributed by atoms with E-state index in [4.69, 9.17) is 0 Å². The van der Waals surface area contributed by atoms with Crippen molar-refractivity contribution in [2.24, 2.45) is 0 Å². The van der Waals surface area contributed by atoms with E-state index in [0.29, 0.717) is 13.1 Å². The van der Waals surface area contributed by atoms with E-state index in [-0.39, 0.29) is 0 Å². The maximum atomic E-state index is 11.6. The zero-order chi connectivity index (χ0) is 14.1. The molecule has 0 saturated heterocycles. The van der Waals surface area contributed by atoms with Crippen molar-refractivity contribution >= 4 is 31.4 Å². The molecule has 0 radical (unpaired) electrons. The van der Waals surface area contributed by atoms with Gasteiger partial charge >= 0.3 is 0 Å². The summed E-state index contributed by atoms with van der Waals surface area (Å²) in [4.78, 5) is 4.50. The van der Waals surface area contributed by atoms with Crippen LogP contribution in [0.25, 0.3) is 10.2 Å². The molecule has 2 rings (SSSR count). The molecule has 19 heavy (non-hydrogen) atoms. The van der Waals surface area contributed by atoms with Crippen molar-refractivity contribution in [2.75, 3.05) is 12.8 Å². The molecule has 0 saturated carbocycles. The number of benzene rings is 1. The molecule has 0 atom stereocenters. The fraction of sp³-hybridized carbons (Fsp3) is 0.462. The van der Waals surface area contributed by atoms with Crippen LogP contribution in [0.1, 0.15) is 18.9 Å². The van der Waals surface area contributed by atoms with Crippen LogP contribution in [-0.2, 0) is 16.4 Å². The Morgan fingerprint density at radius 2 is 2.00 bits per heavy atom. The largest absolute Gasteiger partial charge is 0.309 e. The molecule has 6 heteroatoms. The van der Waals surface area contributed by atoms with Gasteiger partial charge in [0.25, 0.3) is 0 Å². The van der Waals surface area contributed by atoms with Crippen molar-refractivity contribution in [3.63, 3.8) is 0 Å². The smallest absolute Gasteiger partial charge is 0.153 e. The van der Waals surface area contributed by atoms with Gasteiger partial charge in [-0.3, -0.25) is 0 Å². The van der Waals surface area contributed by atoms with Crippen LogP contribution in [0.15, 0.2) is 24.3 Å². The second-order valence-electron chi connectivity index (χ2n) is 5.21. The molecule has 0 aliphatic heterocycles. The number of rotatable bonds is 5. The Morgan fingerprint density at radius 1 is 1.32 bits per heavy atom. The highest BCUT2D eigenvalue weighted by Gasteiger charge is 2.29. The van der Waals surface area contributed by atoms with E-state index >= 15 is 0 Å². The number of nitrogens with one attached hydrogen (secondary N) is 1. The second kappa shape index (κ2) is 5.19. The van der Waals surface area contributed by atoms with Crippen molar-refractivity contribution in [1.29, 1.82) is 0 Å². The van der Waals surface area contributed by atoms with E-state index < -0.39 is 14.6 Å². The molecule has 0 unspecified atom stereocenters. The van der Waals surface area contributed by atoms with Crippen LogP contribution in [0.4, 0.5) is 0 Å². The average Bonchev–Trinajstić information content (AvgIpc) is 2.69. The maximum Gasteiger partial charge on any atom is 0.153 e. The van der Waals surface area contributed by atoms with E-state index in [9.17, 15) is 8.42 Å². The molecule has 0 fully saturated rings. The maximum absolute atomic E-state index is 11.6. The summed E-state index contributed by atoms with van der Waals surface area (Å²) in [5, 5.41) is 4.16. The van der Waals surface area contributed by atoms with Crippen molar-refractivity contribution in [3.8, 4) is 0 Å². The Bertz CT molecular complexity index is 642. The molecular weight excluding hydrogens is 280 g/mol. The zero-order valence-electron chi connectivity index (χ0n) is 11.3. The molecule has 104 valence electrons. The second-order valence-corrected chi connectivity index (χ2v) is 8.98. The van der Waals surface area contributed by atoms with Crippen molar-refractivity contribution in [3.05, 3.63) is 29.3 Å². The van der Waals surface area contributed by atoms with Crippen molar-refractivity contribution < 1.29 is 8.42 Å². The third-order valence-electron chi connectivity index (χ3n) is 3.17. The van der Waals surface area contributed by atoms with Gasteiger partial charge in [0.05, 0.1) is 15.0 Å². The first-order valence-corrected chi connectivity index (χ1v) is 8.75. The van der Waals surface area contributed by atoms with Crippen LogP contribution < -0.4 is 5.32 Å². The van der Waals surface area contributed by atoms with E-state index in [1.165, 1.54) is 6.26 Å². The topological polar surface area (TPSA) is 59.1 Å². The molecule has 2 aromatic rings. The van der Waals surface area contributed by atoms with Crippen LogP contribution >= 0.6 is 11.3 Å². The van der Waals surface area contributed by atoms with E-state index in [2.05, 4.69) is 10.3 Å². The van der Waals surface area contributed by atoms with Gasteiger partial charge in [-0.2, -0.15) is 0 Å². The highest BCUT2D eigenvalue weighted by Crippen LogP contribution is 2.21. The number of para-hydroxylation sites is 1. The number of hydrogen-bond donors (Lipinski definition) is 1. The minimum atomic E-state index is -3.06. The van der Waals surface area contributed by atoms with E-state index in [1.54, 1.807) is 25.2 Å². The summed E-state index contributed by atoms with van der Waals surface area (Å²) >= 11 is 1.63. The lowest BCUT2D eigenvalue weighted by molar-refractivity contribution is 0.521. The Labute approximate surface area is 117 Å². The molecule has 1 N–H and O–H groups in total. The highest BCUT2D eigenvalue weighted by atomic mass is 32.2. The van der Waals surface area contributed by atoms with Gasteiger partial charge in [0.2, 0.25) is 0 Å². The first-order chi connectivity index (χ1) is 8.79. The van der Waals surface area contributed by atoms with Gasteiger partial charge in [0, 0.05) is 19.3 Å².